The van der Waals surface area contributed by atoms with E-state index in [0.717, 1.165) is 18.2 Å². The second-order valence-electron chi connectivity index (χ2n) is 6.65. The van der Waals surface area contributed by atoms with Crippen LogP contribution in [0.1, 0.15) is 29.2 Å². The number of carbonyl (C=O) groups excluding carboxylic acids is 2. The molecule has 1 unspecified atom stereocenters. The molecule has 0 bridgehead atoms. The van der Waals surface area contributed by atoms with E-state index in [1.54, 1.807) is 0 Å². The van der Waals surface area contributed by atoms with Crippen LogP contribution < -0.4 is 10.6 Å². The van der Waals surface area contributed by atoms with Crippen LogP contribution in [0.2, 0.25) is 5.02 Å². The fourth-order valence-electron chi connectivity index (χ4n) is 3.09. The lowest BCUT2D eigenvalue weighted by atomic mass is 9.95. The monoisotopic (exact) mass is 450 g/mol. The molecule has 2 atom stereocenters. The quantitative estimate of drug-likeness (QED) is 0.544. The minimum absolute atomic E-state index is 0.0126. The SMILES string of the molecule is O=C1C[C@H](C(=O)NC(c2ccc(F)c(C(F)(F)F)c2)c2ccc(F)c(Cl)c2F)CN1. The molecule has 0 saturated carbocycles. The third-order valence-electron chi connectivity index (χ3n) is 4.64. The van der Waals surface area contributed by atoms with Gasteiger partial charge in [0.05, 0.1) is 17.5 Å². The highest BCUT2D eigenvalue weighted by Gasteiger charge is 2.36. The van der Waals surface area contributed by atoms with Crippen molar-refractivity contribution in [2.45, 2.75) is 18.6 Å². The Morgan fingerprint density at radius 2 is 1.80 bits per heavy atom. The molecule has 11 heteroatoms. The third-order valence-corrected chi connectivity index (χ3v) is 4.99. The number of halogens is 7. The third kappa shape index (κ3) is 4.38. The molecule has 1 fully saturated rings. The van der Waals surface area contributed by atoms with Crippen LogP contribution in [-0.2, 0) is 15.8 Å². The van der Waals surface area contributed by atoms with Gasteiger partial charge in [0, 0.05) is 18.5 Å². The van der Waals surface area contributed by atoms with Crippen LogP contribution in [0.5, 0.6) is 0 Å². The lowest BCUT2D eigenvalue weighted by Gasteiger charge is -2.23. The van der Waals surface area contributed by atoms with E-state index >= 15 is 0 Å². The molecule has 2 N–H and O–H groups in total. The van der Waals surface area contributed by atoms with E-state index in [4.69, 9.17) is 11.6 Å². The molecule has 2 amide bonds. The first-order valence-electron chi connectivity index (χ1n) is 8.56. The van der Waals surface area contributed by atoms with Crippen LogP contribution >= 0.6 is 11.6 Å². The largest absolute Gasteiger partial charge is 0.419 e. The van der Waals surface area contributed by atoms with E-state index in [1.807, 2.05) is 0 Å². The first-order chi connectivity index (χ1) is 14.0. The first-order valence-corrected chi connectivity index (χ1v) is 8.94. The van der Waals surface area contributed by atoms with E-state index in [9.17, 15) is 35.9 Å². The summed E-state index contributed by atoms with van der Waals surface area (Å²) in [7, 11) is 0. The zero-order valence-corrected chi connectivity index (χ0v) is 15.7. The van der Waals surface area contributed by atoms with Gasteiger partial charge in [-0.15, -0.1) is 0 Å². The zero-order chi connectivity index (χ0) is 22.2. The highest BCUT2D eigenvalue weighted by Crippen LogP contribution is 2.36. The number of hydrogen-bond donors (Lipinski definition) is 2. The van der Waals surface area contributed by atoms with Gasteiger partial charge in [-0.25, -0.2) is 13.2 Å². The molecule has 0 spiro atoms. The van der Waals surface area contributed by atoms with Gasteiger partial charge >= 0.3 is 6.18 Å². The number of hydrogen-bond acceptors (Lipinski definition) is 2. The van der Waals surface area contributed by atoms with Gasteiger partial charge in [0.25, 0.3) is 0 Å². The van der Waals surface area contributed by atoms with Crippen molar-refractivity contribution in [1.29, 1.82) is 0 Å². The van der Waals surface area contributed by atoms with Gasteiger partial charge in [-0.2, -0.15) is 13.2 Å². The summed E-state index contributed by atoms with van der Waals surface area (Å²) in [6.45, 7) is -0.0126. The smallest absolute Gasteiger partial charge is 0.355 e. The number of carbonyl (C=O) groups is 2. The predicted molar refractivity (Wildman–Crippen MR) is 93.9 cm³/mol. The Morgan fingerprint density at radius 3 is 2.40 bits per heavy atom. The molecule has 30 heavy (non-hydrogen) atoms. The van der Waals surface area contributed by atoms with Crippen molar-refractivity contribution in [3.8, 4) is 0 Å². The molecular weight excluding hydrogens is 438 g/mol. The van der Waals surface area contributed by atoms with Crippen LogP contribution in [-0.4, -0.2) is 18.4 Å². The predicted octanol–water partition coefficient (Wildman–Crippen LogP) is 4.12. The Labute approximate surface area is 171 Å². The second-order valence-corrected chi connectivity index (χ2v) is 7.03. The second kappa shape index (κ2) is 8.17. The summed E-state index contributed by atoms with van der Waals surface area (Å²) in [6, 6.07) is 2.04. The minimum atomic E-state index is -5.05. The van der Waals surface area contributed by atoms with Crippen LogP contribution in [0.25, 0.3) is 0 Å². The highest BCUT2D eigenvalue weighted by molar-refractivity contribution is 6.31. The van der Waals surface area contributed by atoms with Crippen molar-refractivity contribution in [1.82, 2.24) is 10.6 Å². The van der Waals surface area contributed by atoms with Crippen molar-refractivity contribution < 1.29 is 35.9 Å². The fraction of sp³-hybridized carbons (Fsp3) is 0.263. The summed E-state index contributed by atoms with van der Waals surface area (Å²) in [5.74, 6) is -5.95. The number of amides is 2. The zero-order valence-electron chi connectivity index (χ0n) is 14.9. The van der Waals surface area contributed by atoms with Crippen molar-refractivity contribution in [2.24, 2.45) is 5.92 Å². The molecule has 0 aliphatic carbocycles. The number of nitrogens with one attached hydrogen (secondary N) is 2. The van der Waals surface area contributed by atoms with Gasteiger partial charge in [0.15, 0.2) is 0 Å². The Morgan fingerprint density at radius 1 is 1.13 bits per heavy atom. The molecule has 1 saturated heterocycles. The summed E-state index contributed by atoms with van der Waals surface area (Å²) >= 11 is 5.57. The summed E-state index contributed by atoms with van der Waals surface area (Å²) in [5.41, 5.74) is -2.35. The van der Waals surface area contributed by atoms with E-state index in [1.165, 1.54) is 0 Å². The lowest BCUT2D eigenvalue weighted by molar-refractivity contribution is -0.140. The Balaban J connectivity index is 2.08. The maximum absolute atomic E-state index is 14.6. The maximum Gasteiger partial charge on any atom is 0.419 e. The summed E-state index contributed by atoms with van der Waals surface area (Å²) in [4.78, 5) is 23.9. The molecule has 0 aromatic heterocycles. The van der Waals surface area contributed by atoms with Crippen LogP contribution in [0.15, 0.2) is 30.3 Å². The fourth-order valence-corrected chi connectivity index (χ4v) is 3.27. The first kappa shape index (κ1) is 21.9. The van der Waals surface area contributed by atoms with Crippen molar-refractivity contribution >= 4 is 23.4 Å². The van der Waals surface area contributed by atoms with Crippen LogP contribution in [0, 0.1) is 23.4 Å². The molecule has 4 nitrogen and oxygen atoms in total. The topological polar surface area (TPSA) is 58.2 Å². The van der Waals surface area contributed by atoms with Crippen molar-refractivity contribution in [2.75, 3.05) is 6.54 Å². The van der Waals surface area contributed by atoms with Gasteiger partial charge in [-0.1, -0.05) is 23.7 Å². The van der Waals surface area contributed by atoms with E-state index in [0.29, 0.717) is 12.1 Å². The van der Waals surface area contributed by atoms with Gasteiger partial charge in [-0.3, -0.25) is 9.59 Å². The molecule has 2 aromatic carbocycles. The van der Waals surface area contributed by atoms with Crippen molar-refractivity contribution in [3.05, 3.63) is 69.5 Å². The minimum Gasteiger partial charge on any atom is -0.355 e. The summed E-state index contributed by atoms with van der Waals surface area (Å²) in [6.07, 6.45) is -5.21. The highest BCUT2D eigenvalue weighted by atomic mass is 35.5. The molecule has 0 radical (unpaired) electrons. The molecule has 1 aliphatic heterocycles. The maximum atomic E-state index is 14.6. The van der Waals surface area contributed by atoms with Gasteiger partial charge in [-0.05, 0) is 23.8 Å². The van der Waals surface area contributed by atoms with E-state index < -0.39 is 63.6 Å². The standard InChI is InChI=1S/C19H13ClF6N2O2/c20-15-13(22)4-2-10(16(15)23)17(28-18(30)9-6-14(29)27-7-9)8-1-3-12(21)11(5-8)19(24,25)26/h1-5,9,17H,6-7H2,(H,27,29)(H,28,30)/t9-,17?/m0/s1. The van der Waals surface area contributed by atoms with Crippen LogP contribution in [0.3, 0.4) is 0 Å². The molecule has 2 aromatic rings. The average molecular weight is 451 g/mol. The van der Waals surface area contributed by atoms with E-state index in [2.05, 4.69) is 10.6 Å². The lowest BCUT2D eigenvalue weighted by Crippen LogP contribution is -2.36. The number of rotatable bonds is 4. The van der Waals surface area contributed by atoms with Gasteiger partial charge in [0.1, 0.15) is 22.5 Å². The molecular formula is C19H13ClF6N2O2. The normalized spacial score (nSPS) is 17.6. The molecule has 3 rings (SSSR count). The van der Waals surface area contributed by atoms with E-state index in [-0.39, 0.29) is 18.5 Å². The molecule has 160 valence electrons. The molecule has 1 aliphatic rings. The van der Waals surface area contributed by atoms with Crippen molar-refractivity contribution in [3.63, 3.8) is 0 Å². The van der Waals surface area contributed by atoms with Gasteiger partial charge in [0.2, 0.25) is 11.8 Å². The summed E-state index contributed by atoms with van der Waals surface area (Å²) < 4.78 is 81.2. The number of alkyl halides is 3. The van der Waals surface area contributed by atoms with Crippen LogP contribution in [0.4, 0.5) is 26.3 Å². The van der Waals surface area contributed by atoms with Gasteiger partial charge < -0.3 is 10.6 Å². The summed E-state index contributed by atoms with van der Waals surface area (Å²) in [5, 5.41) is 3.87. The number of benzene rings is 2. The Hall–Kier alpha value is -2.75. The molecule has 1 heterocycles. The Kier molecular flexibility index (Phi) is 5.98. The Bertz CT molecular complexity index is 1010. The average Bonchev–Trinajstić information content (AvgIpc) is 3.11.